The second kappa shape index (κ2) is 6.19. The fraction of sp³-hybridized carbons (Fsp3) is 0.167. The minimum absolute atomic E-state index is 0.181. The first-order valence-corrected chi connectivity index (χ1v) is 8.03. The van der Waals surface area contributed by atoms with Crippen molar-refractivity contribution >= 4 is 28.3 Å². The number of fused-ring (bicyclic) bond motifs is 1. The molecule has 0 fully saturated rings. The Bertz CT molecular complexity index is 760. The van der Waals surface area contributed by atoms with Gasteiger partial charge in [-0.15, -0.1) is 11.8 Å². The number of thioether (sulfide) groups is 1. The summed E-state index contributed by atoms with van der Waals surface area (Å²) in [6.07, 6.45) is 1.66. The van der Waals surface area contributed by atoms with Crippen LogP contribution in [0.2, 0.25) is 0 Å². The molecule has 0 unspecified atom stereocenters. The lowest BCUT2D eigenvalue weighted by molar-refractivity contribution is 0.102. The van der Waals surface area contributed by atoms with E-state index in [1.165, 1.54) is 0 Å². The zero-order valence-electron chi connectivity index (χ0n) is 11.8. The van der Waals surface area contributed by atoms with E-state index in [4.69, 9.17) is 4.42 Å². The van der Waals surface area contributed by atoms with Crippen molar-refractivity contribution in [3.8, 4) is 0 Å². The molecule has 0 aliphatic rings. The largest absolute Gasteiger partial charge is 0.468 e. The fourth-order valence-corrected chi connectivity index (χ4v) is 3.26. The molecule has 0 N–H and O–H groups in total. The van der Waals surface area contributed by atoms with Gasteiger partial charge < -0.3 is 4.42 Å². The highest BCUT2D eigenvalue weighted by Gasteiger charge is 2.13. The van der Waals surface area contributed by atoms with Crippen molar-refractivity contribution < 1.29 is 9.21 Å². The predicted octanol–water partition coefficient (Wildman–Crippen LogP) is 4.86. The van der Waals surface area contributed by atoms with Crippen LogP contribution in [0.4, 0.5) is 0 Å². The number of carbonyl (C=O) groups is 1. The van der Waals surface area contributed by atoms with E-state index in [0.717, 1.165) is 33.4 Å². The first kappa shape index (κ1) is 14.0. The normalized spacial score (nSPS) is 10.9. The van der Waals surface area contributed by atoms with Gasteiger partial charge in [0, 0.05) is 5.56 Å². The van der Waals surface area contributed by atoms with Crippen LogP contribution in [-0.4, -0.2) is 11.5 Å². The molecule has 2 nitrogen and oxygen atoms in total. The number of carbonyl (C=O) groups excluding carboxylic acids is 1. The zero-order chi connectivity index (χ0) is 14.7. The number of hydrogen-bond acceptors (Lipinski definition) is 3. The van der Waals surface area contributed by atoms with Crippen LogP contribution in [0.15, 0.2) is 59.2 Å². The lowest BCUT2D eigenvalue weighted by Crippen LogP contribution is -2.06. The van der Waals surface area contributed by atoms with E-state index >= 15 is 0 Å². The van der Waals surface area contributed by atoms with Crippen molar-refractivity contribution in [2.24, 2.45) is 0 Å². The second-order valence-electron chi connectivity index (χ2n) is 4.97. The summed E-state index contributed by atoms with van der Waals surface area (Å²) in [7, 11) is 0. The van der Waals surface area contributed by atoms with Gasteiger partial charge in [-0.25, -0.2) is 0 Å². The first-order chi connectivity index (χ1) is 10.3. The summed E-state index contributed by atoms with van der Waals surface area (Å²) in [5.74, 6) is 2.28. The lowest BCUT2D eigenvalue weighted by Gasteiger charge is -2.09. The monoisotopic (exact) mass is 296 g/mol. The molecule has 3 aromatic rings. The van der Waals surface area contributed by atoms with Gasteiger partial charge in [-0.3, -0.25) is 4.79 Å². The molecule has 0 saturated heterocycles. The molecule has 0 amide bonds. The smallest absolute Gasteiger partial charge is 0.173 e. The van der Waals surface area contributed by atoms with Gasteiger partial charge in [0.15, 0.2) is 5.78 Å². The molecule has 1 aromatic heterocycles. The van der Waals surface area contributed by atoms with E-state index in [1.54, 1.807) is 18.0 Å². The maximum atomic E-state index is 12.6. The molecule has 0 bridgehead atoms. The van der Waals surface area contributed by atoms with Crippen molar-refractivity contribution in [1.29, 1.82) is 0 Å². The molecule has 0 radical (unpaired) electrons. The van der Waals surface area contributed by atoms with Gasteiger partial charge in [-0.2, -0.15) is 0 Å². The summed E-state index contributed by atoms with van der Waals surface area (Å²) in [5.41, 5.74) is 1.89. The van der Waals surface area contributed by atoms with Crippen LogP contribution in [0, 0.1) is 6.92 Å². The maximum absolute atomic E-state index is 12.6. The number of Topliss-reactive ketones (excluding diaryl/α,β-unsaturated/α-hetero) is 1. The molecule has 3 rings (SSSR count). The van der Waals surface area contributed by atoms with Gasteiger partial charge in [0.2, 0.25) is 0 Å². The van der Waals surface area contributed by atoms with E-state index in [-0.39, 0.29) is 5.78 Å². The van der Waals surface area contributed by atoms with Crippen LogP contribution in [0.5, 0.6) is 0 Å². The molecule has 3 heteroatoms. The maximum Gasteiger partial charge on any atom is 0.173 e. The highest BCUT2D eigenvalue weighted by molar-refractivity contribution is 7.99. The number of hydrogen-bond donors (Lipinski definition) is 0. The molecular weight excluding hydrogens is 280 g/mol. The minimum Gasteiger partial charge on any atom is -0.468 e. The minimum atomic E-state index is 0.181. The standard InChI is InChI=1S/C18H16O2S/c1-13-8-9-14-5-2-3-7-16(14)18(13)17(19)12-21-11-15-6-4-10-20-15/h2-10H,11-12H2,1H3. The van der Waals surface area contributed by atoms with Crippen LogP contribution in [0.3, 0.4) is 0 Å². The van der Waals surface area contributed by atoms with Gasteiger partial charge >= 0.3 is 0 Å². The summed E-state index contributed by atoms with van der Waals surface area (Å²) >= 11 is 1.59. The van der Waals surface area contributed by atoms with Crippen LogP contribution >= 0.6 is 11.8 Å². The van der Waals surface area contributed by atoms with Crippen LogP contribution in [-0.2, 0) is 5.75 Å². The Morgan fingerprint density at radius 2 is 1.95 bits per heavy atom. The first-order valence-electron chi connectivity index (χ1n) is 6.87. The third-order valence-corrected chi connectivity index (χ3v) is 4.43. The molecule has 0 aliphatic heterocycles. The number of ketones is 1. The molecule has 0 spiro atoms. The van der Waals surface area contributed by atoms with Crippen molar-refractivity contribution in [2.75, 3.05) is 5.75 Å². The molecular formula is C18H16O2S. The van der Waals surface area contributed by atoms with Gasteiger partial charge in [-0.1, -0.05) is 36.4 Å². The Morgan fingerprint density at radius 1 is 1.10 bits per heavy atom. The molecule has 1 heterocycles. The zero-order valence-corrected chi connectivity index (χ0v) is 12.7. The van der Waals surface area contributed by atoms with Crippen LogP contribution in [0.1, 0.15) is 21.7 Å². The SMILES string of the molecule is Cc1ccc2ccccc2c1C(=O)CSCc1ccco1. The summed E-state index contributed by atoms with van der Waals surface area (Å²) in [4.78, 5) is 12.6. The highest BCUT2D eigenvalue weighted by atomic mass is 32.2. The van der Waals surface area contributed by atoms with Crippen molar-refractivity contribution in [2.45, 2.75) is 12.7 Å². The van der Waals surface area contributed by atoms with E-state index in [9.17, 15) is 4.79 Å². The lowest BCUT2D eigenvalue weighted by atomic mass is 9.97. The van der Waals surface area contributed by atoms with E-state index < -0.39 is 0 Å². The Labute approximate surface area is 128 Å². The predicted molar refractivity (Wildman–Crippen MR) is 87.9 cm³/mol. The molecule has 21 heavy (non-hydrogen) atoms. The third-order valence-electron chi connectivity index (χ3n) is 3.47. The molecule has 0 saturated carbocycles. The van der Waals surface area contributed by atoms with E-state index in [2.05, 4.69) is 6.07 Å². The quantitative estimate of drug-likeness (QED) is 0.630. The van der Waals surface area contributed by atoms with Gasteiger partial charge in [0.25, 0.3) is 0 Å². The fourth-order valence-electron chi connectivity index (χ4n) is 2.46. The van der Waals surface area contributed by atoms with Gasteiger partial charge in [0.05, 0.1) is 17.8 Å². The highest BCUT2D eigenvalue weighted by Crippen LogP contribution is 2.24. The Kier molecular flexibility index (Phi) is 4.11. The second-order valence-corrected chi connectivity index (χ2v) is 5.96. The molecule has 0 aliphatic carbocycles. The topological polar surface area (TPSA) is 30.2 Å². The average Bonchev–Trinajstić information content (AvgIpc) is 3.00. The van der Waals surface area contributed by atoms with Crippen molar-refractivity contribution in [3.63, 3.8) is 0 Å². The Hall–Kier alpha value is -2.00. The summed E-state index contributed by atoms with van der Waals surface area (Å²) in [6.45, 7) is 2.00. The summed E-state index contributed by atoms with van der Waals surface area (Å²) in [6, 6.07) is 15.9. The van der Waals surface area contributed by atoms with E-state index in [0.29, 0.717) is 5.75 Å². The summed E-state index contributed by atoms with van der Waals surface area (Å²) < 4.78 is 5.28. The van der Waals surface area contributed by atoms with Crippen molar-refractivity contribution in [3.05, 3.63) is 71.7 Å². The Balaban J connectivity index is 1.79. The number of benzene rings is 2. The average molecular weight is 296 g/mol. The van der Waals surface area contributed by atoms with Crippen LogP contribution < -0.4 is 0 Å². The summed E-state index contributed by atoms with van der Waals surface area (Å²) in [5, 5.41) is 2.16. The van der Waals surface area contributed by atoms with E-state index in [1.807, 2.05) is 49.4 Å². The van der Waals surface area contributed by atoms with Crippen molar-refractivity contribution in [1.82, 2.24) is 0 Å². The molecule has 0 atom stereocenters. The van der Waals surface area contributed by atoms with Gasteiger partial charge in [-0.05, 0) is 35.4 Å². The number of rotatable bonds is 5. The number of furan rings is 1. The van der Waals surface area contributed by atoms with Crippen LogP contribution in [0.25, 0.3) is 10.8 Å². The molecule has 106 valence electrons. The Morgan fingerprint density at radius 3 is 2.76 bits per heavy atom. The number of aryl methyl sites for hydroxylation is 1. The molecule has 2 aromatic carbocycles. The van der Waals surface area contributed by atoms with Gasteiger partial charge in [0.1, 0.15) is 5.76 Å². The third kappa shape index (κ3) is 3.03.